The van der Waals surface area contributed by atoms with Crippen molar-refractivity contribution in [2.45, 2.75) is 26.2 Å². The fraction of sp³-hybridized carbons (Fsp3) is 0.636. The van der Waals surface area contributed by atoms with Gasteiger partial charge in [-0.2, -0.15) is 0 Å². The Balaban J connectivity index is 2.01. The largest absolute Gasteiger partial charge is 0.384 e. The monoisotopic (exact) mass is 206 g/mol. The lowest BCUT2D eigenvalue weighted by molar-refractivity contribution is 0.393. The fourth-order valence-electron chi connectivity index (χ4n) is 2.10. The number of hydrogen-bond donors (Lipinski definition) is 1. The third-order valence-corrected chi connectivity index (χ3v) is 3.19. The lowest BCUT2D eigenvalue weighted by Crippen LogP contribution is -2.34. The van der Waals surface area contributed by atoms with Gasteiger partial charge in [0.25, 0.3) is 0 Å². The summed E-state index contributed by atoms with van der Waals surface area (Å²) in [7, 11) is 0. The first kappa shape index (κ1) is 10.2. The van der Waals surface area contributed by atoms with Gasteiger partial charge in [-0.25, -0.2) is 9.97 Å². The molecule has 0 spiro atoms. The minimum Gasteiger partial charge on any atom is -0.384 e. The maximum absolute atomic E-state index is 5.64. The molecule has 2 N–H and O–H groups in total. The van der Waals surface area contributed by atoms with Gasteiger partial charge in [-0.05, 0) is 18.8 Å². The molecule has 15 heavy (non-hydrogen) atoms. The Bertz CT molecular complexity index is 318. The Morgan fingerprint density at radius 2 is 2.13 bits per heavy atom. The highest BCUT2D eigenvalue weighted by Gasteiger charge is 2.18. The number of aromatic nitrogens is 2. The zero-order valence-electron chi connectivity index (χ0n) is 9.19. The normalized spacial score (nSPS) is 18.1. The summed E-state index contributed by atoms with van der Waals surface area (Å²) < 4.78 is 0. The molecule has 2 heterocycles. The van der Waals surface area contributed by atoms with E-state index in [2.05, 4.69) is 21.8 Å². The number of piperidine rings is 1. The summed E-state index contributed by atoms with van der Waals surface area (Å²) in [4.78, 5) is 10.5. The maximum Gasteiger partial charge on any atom is 0.134 e. The van der Waals surface area contributed by atoms with E-state index in [-0.39, 0.29) is 0 Å². The van der Waals surface area contributed by atoms with E-state index >= 15 is 0 Å². The minimum atomic E-state index is 0.553. The van der Waals surface area contributed by atoms with Crippen LogP contribution in [0.15, 0.2) is 12.4 Å². The molecule has 1 aromatic rings. The Morgan fingerprint density at radius 1 is 1.40 bits per heavy atom. The van der Waals surface area contributed by atoms with Gasteiger partial charge in [-0.15, -0.1) is 0 Å². The van der Waals surface area contributed by atoms with E-state index < -0.39 is 0 Å². The molecular weight excluding hydrogens is 188 g/mol. The van der Waals surface area contributed by atoms with Crippen LogP contribution >= 0.6 is 0 Å². The Labute approximate surface area is 90.5 Å². The first-order valence-corrected chi connectivity index (χ1v) is 5.62. The van der Waals surface area contributed by atoms with Gasteiger partial charge >= 0.3 is 0 Å². The first-order valence-electron chi connectivity index (χ1n) is 5.62. The van der Waals surface area contributed by atoms with Crippen molar-refractivity contribution in [3.63, 3.8) is 0 Å². The van der Waals surface area contributed by atoms with Crippen LogP contribution in [0.3, 0.4) is 0 Å². The van der Waals surface area contributed by atoms with Crippen molar-refractivity contribution in [2.24, 2.45) is 5.92 Å². The van der Waals surface area contributed by atoms with Gasteiger partial charge in [0.2, 0.25) is 0 Å². The first-order chi connectivity index (χ1) is 7.29. The van der Waals surface area contributed by atoms with E-state index in [1.54, 1.807) is 0 Å². The van der Waals surface area contributed by atoms with Crippen molar-refractivity contribution in [1.29, 1.82) is 0 Å². The number of nitrogen functional groups attached to an aromatic ring is 1. The molecule has 1 saturated heterocycles. The quantitative estimate of drug-likeness (QED) is 0.800. The van der Waals surface area contributed by atoms with Crippen molar-refractivity contribution >= 4 is 11.6 Å². The molecule has 0 atom stereocenters. The van der Waals surface area contributed by atoms with Crippen LogP contribution in [0.25, 0.3) is 0 Å². The average molecular weight is 206 g/mol. The highest BCUT2D eigenvalue weighted by atomic mass is 15.2. The second-order valence-electron chi connectivity index (χ2n) is 4.14. The third-order valence-electron chi connectivity index (χ3n) is 3.19. The second kappa shape index (κ2) is 4.47. The summed E-state index contributed by atoms with van der Waals surface area (Å²) in [5.41, 5.74) is 5.64. The molecule has 0 radical (unpaired) electrons. The van der Waals surface area contributed by atoms with E-state index in [1.165, 1.54) is 25.6 Å². The van der Waals surface area contributed by atoms with Crippen molar-refractivity contribution in [3.05, 3.63) is 12.4 Å². The highest BCUT2D eigenvalue weighted by Crippen LogP contribution is 2.23. The molecule has 0 unspecified atom stereocenters. The van der Waals surface area contributed by atoms with Crippen LogP contribution in [0.5, 0.6) is 0 Å². The van der Waals surface area contributed by atoms with Gasteiger partial charge < -0.3 is 10.6 Å². The molecule has 0 aliphatic carbocycles. The summed E-state index contributed by atoms with van der Waals surface area (Å²) in [6.45, 7) is 4.45. The zero-order valence-corrected chi connectivity index (χ0v) is 9.19. The van der Waals surface area contributed by atoms with Gasteiger partial charge in [0.15, 0.2) is 0 Å². The van der Waals surface area contributed by atoms with E-state index in [4.69, 9.17) is 5.73 Å². The van der Waals surface area contributed by atoms with Gasteiger partial charge in [-0.3, -0.25) is 0 Å². The minimum absolute atomic E-state index is 0.553. The Kier molecular flexibility index (Phi) is 3.04. The van der Waals surface area contributed by atoms with E-state index in [0.29, 0.717) is 5.82 Å². The van der Waals surface area contributed by atoms with Crippen LogP contribution in [0.2, 0.25) is 0 Å². The van der Waals surface area contributed by atoms with Gasteiger partial charge in [0.1, 0.15) is 18.0 Å². The van der Waals surface area contributed by atoms with Crippen molar-refractivity contribution in [1.82, 2.24) is 9.97 Å². The molecule has 4 heteroatoms. The lowest BCUT2D eigenvalue weighted by Gasteiger charge is -2.32. The lowest BCUT2D eigenvalue weighted by atomic mass is 9.94. The molecule has 2 rings (SSSR count). The molecule has 82 valence electrons. The summed E-state index contributed by atoms with van der Waals surface area (Å²) in [5.74, 6) is 2.41. The topological polar surface area (TPSA) is 55.0 Å². The summed E-state index contributed by atoms with van der Waals surface area (Å²) >= 11 is 0. The van der Waals surface area contributed by atoms with Crippen molar-refractivity contribution in [3.8, 4) is 0 Å². The predicted octanol–water partition coefficient (Wildman–Crippen LogP) is 1.69. The summed E-state index contributed by atoms with van der Waals surface area (Å²) in [6, 6.07) is 1.85. The number of nitrogens with two attached hydrogens (primary N) is 1. The molecule has 0 aromatic carbocycles. The highest BCUT2D eigenvalue weighted by molar-refractivity contribution is 5.45. The molecule has 1 fully saturated rings. The molecule has 0 bridgehead atoms. The van der Waals surface area contributed by atoms with Crippen molar-refractivity contribution in [2.75, 3.05) is 23.7 Å². The smallest absolute Gasteiger partial charge is 0.134 e. The Hall–Kier alpha value is -1.32. The molecule has 4 nitrogen and oxygen atoms in total. The van der Waals surface area contributed by atoms with Crippen LogP contribution in [0, 0.1) is 5.92 Å². The van der Waals surface area contributed by atoms with Crippen molar-refractivity contribution < 1.29 is 0 Å². The van der Waals surface area contributed by atoms with Gasteiger partial charge in [0.05, 0.1) is 0 Å². The van der Waals surface area contributed by atoms with Crippen LogP contribution in [0.1, 0.15) is 26.2 Å². The number of nitrogens with zero attached hydrogens (tertiary/aromatic N) is 3. The summed E-state index contributed by atoms with van der Waals surface area (Å²) in [5, 5.41) is 0. The maximum atomic E-state index is 5.64. The van der Waals surface area contributed by atoms with Crippen LogP contribution in [0.4, 0.5) is 11.6 Å². The van der Waals surface area contributed by atoms with E-state index in [1.807, 2.05) is 6.07 Å². The van der Waals surface area contributed by atoms with Crippen LogP contribution < -0.4 is 10.6 Å². The predicted molar refractivity (Wildman–Crippen MR) is 61.7 cm³/mol. The van der Waals surface area contributed by atoms with E-state index in [0.717, 1.165) is 24.8 Å². The summed E-state index contributed by atoms with van der Waals surface area (Å²) in [6.07, 6.45) is 5.36. The van der Waals surface area contributed by atoms with Gasteiger partial charge in [0, 0.05) is 19.2 Å². The number of rotatable bonds is 2. The molecular formula is C11H18N4. The second-order valence-corrected chi connectivity index (χ2v) is 4.14. The third kappa shape index (κ3) is 2.37. The number of anilines is 2. The fourth-order valence-corrected chi connectivity index (χ4v) is 2.10. The number of hydrogen-bond acceptors (Lipinski definition) is 4. The zero-order chi connectivity index (χ0) is 10.7. The molecule has 1 aliphatic rings. The standard InChI is InChI=1S/C11H18N4/c1-2-9-3-5-15(6-4-9)11-7-10(12)13-8-14-11/h7-9H,2-6H2,1H3,(H2,12,13,14). The Morgan fingerprint density at radius 3 is 2.73 bits per heavy atom. The van der Waals surface area contributed by atoms with Gasteiger partial charge in [-0.1, -0.05) is 13.3 Å². The molecule has 1 aliphatic heterocycles. The molecule has 0 amide bonds. The SMILES string of the molecule is CCC1CCN(c2cc(N)ncn2)CC1. The van der Waals surface area contributed by atoms with Crippen LogP contribution in [-0.2, 0) is 0 Å². The average Bonchev–Trinajstić information content (AvgIpc) is 2.29. The van der Waals surface area contributed by atoms with Crippen LogP contribution in [-0.4, -0.2) is 23.1 Å². The molecule has 0 saturated carbocycles. The van der Waals surface area contributed by atoms with E-state index in [9.17, 15) is 0 Å². The molecule has 1 aromatic heterocycles.